The third-order valence-electron chi connectivity index (χ3n) is 11.3. The molecule has 0 aromatic heterocycles. The fraction of sp³-hybridized carbons (Fsp3) is 0.714. The standard InChI is InChI=1S/C49H76O14/c1-18-30(2)28-31(3)24-25-36(51)58-39-38(59-46(15,16)56-17)47(27-26-32(4)37(57-34(6)50)33(5)29-35-22-20-19-21-23-35)60-40(45(13,14)54)48(55,41(52)61-43(7,8)9)49(39,63-47)42(53)62-44(10,11)12/h19-25,30-31,33,37-40,54-55H,4,18,26-29H2,1-3,5-17H3/b25-24+/t30-,31+,33+,37+,38+,39+,40?,47?,48?,49?/m0/s1. The van der Waals surface area contributed by atoms with Gasteiger partial charge in [0.05, 0.1) is 5.60 Å². The zero-order chi connectivity index (χ0) is 48.1. The first-order chi connectivity index (χ1) is 28.8. The highest BCUT2D eigenvalue weighted by atomic mass is 16.8. The van der Waals surface area contributed by atoms with Gasteiger partial charge in [0.15, 0.2) is 18.0 Å². The molecule has 2 aliphatic rings. The topological polar surface area (TPSA) is 183 Å². The van der Waals surface area contributed by atoms with Crippen molar-refractivity contribution in [3.63, 3.8) is 0 Å². The van der Waals surface area contributed by atoms with Crippen molar-refractivity contribution in [3.05, 3.63) is 60.2 Å². The van der Waals surface area contributed by atoms with Crippen LogP contribution in [0.4, 0.5) is 0 Å². The van der Waals surface area contributed by atoms with Gasteiger partial charge in [-0.05, 0) is 111 Å². The molecule has 0 spiro atoms. The van der Waals surface area contributed by atoms with Crippen LogP contribution >= 0.6 is 0 Å². The van der Waals surface area contributed by atoms with E-state index in [0.29, 0.717) is 17.9 Å². The number of esters is 4. The Labute approximate surface area is 375 Å². The molecule has 2 heterocycles. The molecule has 14 nitrogen and oxygen atoms in total. The molecule has 2 N–H and O–H groups in total. The summed E-state index contributed by atoms with van der Waals surface area (Å²) in [5, 5.41) is 25.4. The van der Waals surface area contributed by atoms with Gasteiger partial charge in [0, 0.05) is 32.4 Å². The SMILES string of the molecule is C=C(CCC12OC(C(C)(C)O)C(O)(C(=O)OC(C)(C)C)C(C(=O)OC(C)(C)C)(O1)[C@H](OC(=O)/C=C/[C@@H](C)C[C@@H](C)CC)[C@H]2OC(C)(C)OC)[C@@H](OC(C)=O)[C@H](C)Cc1ccccc1. The maximum atomic E-state index is 15.3. The van der Waals surface area contributed by atoms with Crippen LogP contribution in [0.1, 0.15) is 135 Å². The van der Waals surface area contributed by atoms with E-state index in [0.717, 1.165) is 18.4 Å². The van der Waals surface area contributed by atoms with Gasteiger partial charge in [-0.25, -0.2) is 14.4 Å². The minimum Gasteiger partial charge on any atom is -0.458 e. The number of carbonyl (C=O) groups excluding carboxylic acids is 4. The van der Waals surface area contributed by atoms with Crippen molar-refractivity contribution in [1.29, 1.82) is 0 Å². The number of ether oxygens (including phenoxy) is 8. The number of methoxy groups -OCH3 is 1. The maximum Gasteiger partial charge on any atom is 0.347 e. The van der Waals surface area contributed by atoms with Gasteiger partial charge in [0.1, 0.15) is 23.4 Å². The molecule has 1 aromatic rings. The Bertz CT molecular complexity index is 1780. The van der Waals surface area contributed by atoms with Crippen molar-refractivity contribution in [2.24, 2.45) is 17.8 Å². The lowest BCUT2D eigenvalue weighted by molar-refractivity contribution is -0.407. The average Bonchev–Trinajstić information content (AvgIpc) is 3.37. The fourth-order valence-electron chi connectivity index (χ4n) is 8.18. The van der Waals surface area contributed by atoms with E-state index < -0.39 is 87.9 Å². The highest BCUT2D eigenvalue weighted by Crippen LogP contribution is 2.60. The van der Waals surface area contributed by atoms with E-state index >= 15 is 4.79 Å². The molecule has 0 saturated carbocycles. The predicted molar refractivity (Wildman–Crippen MR) is 236 cm³/mol. The van der Waals surface area contributed by atoms with Crippen LogP contribution in [0.25, 0.3) is 0 Å². The number of benzene rings is 1. The molecular weight excluding hydrogens is 813 g/mol. The Hall–Kier alpha value is -3.66. The second-order valence-electron chi connectivity index (χ2n) is 20.5. The summed E-state index contributed by atoms with van der Waals surface area (Å²) in [6.45, 7) is 28.8. The number of carbonyl (C=O) groups is 4. The lowest BCUT2D eigenvalue weighted by Gasteiger charge is -2.54. The first kappa shape index (κ1) is 53.7. The van der Waals surface area contributed by atoms with Crippen molar-refractivity contribution in [2.75, 3.05) is 7.11 Å². The number of aliphatic hydroxyl groups is 2. The third-order valence-corrected chi connectivity index (χ3v) is 11.3. The Morgan fingerprint density at radius 3 is 1.98 bits per heavy atom. The minimum atomic E-state index is -3.29. The van der Waals surface area contributed by atoms with Gasteiger partial charge in [-0.3, -0.25) is 4.79 Å². The molecule has 0 aliphatic carbocycles. The Kier molecular flexibility index (Phi) is 17.2. The molecule has 356 valence electrons. The molecule has 2 aliphatic heterocycles. The van der Waals surface area contributed by atoms with Crippen molar-refractivity contribution in [3.8, 4) is 0 Å². The van der Waals surface area contributed by atoms with Gasteiger partial charge >= 0.3 is 23.9 Å². The number of allylic oxidation sites excluding steroid dienone is 1. The van der Waals surface area contributed by atoms with E-state index in [4.69, 9.17) is 37.9 Å². The summed E-state index contributed by atoms with van der Waals surface area (Å²) in [6.07, 6.45) is -1.79. The Morgan fingerprint density at radius 1 is 0.905 bits per heavy atom. The van der Waals surface area contributed by atoms with Crippen LogP contribution in [0.3, 0.4) is 0 Å². The smallest absolute Gasteiger partial charge is 0.347 e. The van der Waals surface area contributed by atoms with Gasteiger partial charge in [0.2, 0.25) is 17.0 Å². The summed E-state index contributed by atoms with van der Waals surface area (Å²) in [7, 11) is 1.37. The molecule has 14 heteroatoms. The molecule has 2 fully saturated rings. The van der Waals surface area contributed by atoms with E-state index in [-0.39, 0.29) is 24.7 Å². The van der Waals surface area contributed by atoms with Gasteiger partial charge in [-0.15, -0.1) is 0 Å². The van der Waals surface area contributed by atoms with Gasteiger partial charge in [-0.2, -0.15) is 0 Å². The normalized spacial score (nSPS) is 27.2. The fourth-order valence-corrected chi connectivity index (χ4v) is 8.18. The summed E-state index contributed by atoms with van der Waals surface area (Å²) >= 11 is 0. The van der Waals surface area contributed by atoms with Gasteiger partial charge in [0.25, 0.3) is 0 Å². The average molecular weight is 889 g/mol. The van der Waals surface area contributed by atoms with E-state index in [9.17, 15) is 24.6 Å². The third kappa shape index (κ3) is 13.0. The zero-order valence-corrected chi connectivity index (χ0v) is 40.6. The lowest BCUT2D eigenvalue weighted by Crippen LogP contribution is -2.80. The first-order valence-electron chi connectivity index (χ1n) is 22.1. The summed E-state index contributed by atoms with van der Waals surface area (Å²) in [5.41, 5.74) is -9.60. The molecule has 2 bridgehead atoms. The molecule has 0 radical (unpaired) electrons. The first-order valence-corrected chi connectivity index (χ1v) is 22.1. The van der Waals surface area contributed by atoms with Crippen molar-refractivity contribution in [2.45, 2.75) is 200 Å². The van der Waals surface area contributed by atoms with Crippen LogP contribution < -0.4 is 0 Å². The molecular formula is C49H76O14. The molecule has 10 atom stereocenters. The van der Waals surface area contributed by atoms with E-state index in [1.54, 1.807) is 61.5 Å². The van der Waals surface area contributed by atoms with E-state index in [2.05, 4.69) is 20.4 Å². The molecule has 63 heavy (non-hydrogen) atoms. The van der Waals surface area contributed by atoms with Crippen LogP contribution in [0.5, 0.6) is 0 Å². The summed E-state index contributed by atoms with van der Waals surface area (Å²) < 4.78 is 49.9. The molecule has 3 rings (SSSR count). The lowest BCUT2D eigenvalue weighted by atomic mass is 9.70. The Balaban J connectivity index is 2.42. The molecule has 0 amide bonds. The quantitative estimate of drug-likeness (QED) is 0.0432. The highest BCUT2D eigenvalue weighted by molar-refractivity contribution is 5.96. The highest BCUT2D eigenvalue weighted by Gasteiger charge is 2.87. The summed E-state index contributed by atoms with van der Waals surface area (Å²) in [5.74, 6) is -8.01. The predicted octanol–water partition coefficient (Wildman–Crippen LogP) is 7.49. The maximum absolute atomic E-state index is 15.3. The van der Waals surface area contributed by atoms with Gasteiger partial charge < -0.3 is 48.1 Å². The monoisotopic (exact) mass is 889 g/mol. The summed E-state index contributed by atoms with van der Waals surface area (Å²) in [6, 6.07) is 9.66. The van der Waals surface area contributed by atoms with Crippen LogP contribution in [0.15, 0.2) is 54.6 Å². The number of fused-ring (bicyclic) bond motifs is 2. The largest absolute Gasteiger partial charge is 0.458 e. The molecule has 1 aromatic carbocycles. The number of hydrogen-bond acceptors (Lipinski definition) is 14. The molecule has 2 saturated heterocycles. The van der Waals surface area contributed by atoms with Crippen LogP contribution in [0.2, 0.25) is 0 Å². The Morgan fingerprint density at radius 2 is 1.48 bits per heavy atom. The van der Waals surface area contributed by atoms with Crippen LogP contribution in [-0.2, 0) is 63.5 Å². The van der Waals surface area contributed by atoms with Crippen LogP contribution in [0, 0.1) is 17.8 Å². The second kappa shape index (κ2) is 20.2. The van der Waals surface area contributed by atoms with Crippen LogP contribution in [-0.4, -0.2) is 105 Å². The van der Waals surface area contributed by atoms with Crippen molar-refractivity contribution < 1.29 is 67.3 Å². The van der Waals surface area contributed by atoms with Gasteiger partial charge in [-0.1, -0.05) is 77.1 Å². The minimum absolute atomic E-state index is 0.0358. The van der Waals surface area contributed by atoms with Crippen molar-refractivity contribution >= 4 is 23.9 Å². The number of hydrogen-bond donors (Lipinski definition) is 2. The molecule has 4 unspecified atom stereocenters. The second-order valence-corrected chi connectivity index (χ2v) is 20.5. The summed E-state index contributed by atoms with van der Waals surface area (Å²) in [4.78, 5) is 56.9. The van der Waals surface area contributed by atoms with E-state index in [1.165, 1.54) is 34.0 Å². The number of rotatable bonds is 20. The van der Waals surface area contributed by atoms with E-state index in [1.807, 2.05) is 44.2 Å². The zero-order valence-electron chi connectivity index (χ0n) is 40.6. The van der Waals surface area contributed by atoms with Crippen molar-refractivity contribution in [1.82, 2.24) is 0 Å².